The van der Waals surface area contributed by atoms with Crippen LogP contribution in [-0.4, -0.2) is 14.2 Å². The van der Waals surface area contributed by atoms with Crippen LogP contribution in [0.5, 0.6) is 11.5 Å². The van der Waals surface area contributed by atoms with Gasteiger partial charge in [-0.2, -0.15) is 0 Å². The molecule has 0 radical (unpaired) electrons. The first kappa shape index (κ1) is 14.1. The molecule has 0 bridgehead atoms. The Kier molecular flexibility index (Phi) is 4.35. The molecule has 0 fully saturated rings. The van der Waals surface area contributed by atoms with Crippen LogP contribution < -0.4 is 20.5 Å². The Morgan fingerprint density at radius 2 is 1.85 bits per heavy atom. The lowest BCUT2D eigenvalue weighted by Crippen LogP contribution is -2.03. The van der Waals surface area contributed by atoms with Gasteiger partial charge in [0.1, 0.15) is 11.5 Å². The number of benzene rings is 2. The molecule has 0 unspecified atom stereocenters. The number of anilines is 2. The Morgan fingerprint density at radius 1 is 1.05 bits per heavy atom. The quantitative estimate of drug-likeness (QED) is 0.821. The van der Waals surface area contributed by atoms with Crippen molar-refractivity contribution in [3.63, 3.8) is 0 Å². The van der Waals surface area contributed by atoms with E-state index < -0.39 is 0 Å². The van der Waals surface area contributed by atoms with Crippen LogP contribution in [0.3, 0.4) is 0 Å². The normalized spacial score (nSPS) is 10.2. The number of hydrogen-bond acceptors (Lipinski definition) is 4. The first-order valence-corrected chi connectivity index (χ1v) is 6.45. The molecule has 0 saturated carbocycles. The number of methoxy groups -OCH3 is 2. The van der Waals surface area contributed by atoms with E-state index in [0.29, 0.717) is 6.54 Å². The van der Waals surface area contributed by atoms with Gasteiger partial charge in [-0.05, 0) is 36.8 Å². The number of rotatable bonds is 5. The van der Waals surface area contributed by atoms with E-state index in [9.17, 15) is 0 Å². The van der Waals surface area contributed by atoms with Gasteiger partial charge in [-0.15, -0.1) is 0 Å². The Hall–Kier alpha value is -2.36. The van der Waals surface area contributed by atoms with Gasteiger partial charge in [0.05, 0.1) is 14.2 Å². The van der Waals surface area contributed by atoms with Crippen LogP contribution in [-0.2, 0) is 6.54 Å². The summed E-state index contributed by atoms with van der Waals surface area (Å²) in [6.07, 6.45) is 0. The third-order valence-electron chi connectivity index (χ3n) is 3.23. The zero-order valence-electron chi connectivity index (χ0n) is 12.1. The minimum absolute atomic E-state index is 0.664. The summed E-state index contributed by atoms with van der Waals surface area (Å²) < 4.78 is 10.6. The third-order valence-corrected chi connectivity index (χ3v) is 3.23. The van der Waals surface area contributed by atoms with E-state index >= 15 is 0 Å². The topological polar surface area (TPSA) is 56.5 Å². The highest BCUT2D eigenvalue weighted by Gasteiger charge is 2.06. The summed E-state index contributed by atoms with van der Waals surface area (Å²) in [5.74, 6) is 1.59. The molecular formula is C16H20N2O2. The van der Waals surface area contributed by atoms with Crippen molar-refractivity contribution in [1.82, 2.24) is 0 Å². The number of aryl methyl sites for hydroxylation is 1. The number of hydrogen-bond donors (Lipinski definition) is 2. The summed E-state index contributed by atoms with van der Waals surface area (Å²) >= 11 is 0. The Labute approximate surface area is 119 Å². The minimum Gasteiger partial charge on any atom is -0.497 e. The van der Waals surface area contributed by atoms with Crippen LogP contribution in [0.15, 0.2) is 36.4 Å². The molecule has 0 spiro atoms. The maximum absolute atomic E-state index is 5.81. The lowest BCUT2D eigenvalue weighted by atomic mass is 10.1. The van der Waals surface area contributed by atoms with Crippen molar-refractivity contribution in [2.75, 3.05) is 25.3 Å². The summed E-state index contributed by atoms with van der Waals surface area (Å²) in [5.41, 5.74) is 9.81. The highest BCUT2D eigenvalue weighted by molar-refractivity contribution is 5.59. The second-order valence-corrected chi connectivity index (χ2v) is 4.61. The van der Waals surface area contributed by atoms with Crippen LogP contribution in [0, 0.1) is 6.92 Å². The zero-order valence-corrected chi connectivity index (χ0v) is 12.1. The van der Waals surface area contributed by atoms with Gasteiger partial charge < -0.3 is 20.5 Å². The number of nitrogens with one attached hydrogen (secondary N) is 1. The predicted molar refractivity (Wildman–Crippen MR) is 82.5 cm³/mol. The monoisotopic (exact) mass is 272 g/mol. The average Bonchev–Trinajstić information content (AvgIpc) is 2.48. The lowest BCUT2D eigenvalue weighted by molar-refractivity contribution is 0.391. The van der Waals surface area contributed by atoms with E-state index in [0.717, 1.165) is 34.0 Å². The van der Waals surface area contributed by atoms with Gasteiger partial charge in [0, 0.05) is 29.5 Å². The van der Waals surface area contributed by atoms with E-state index in [1.165, 1.54) is 0 Å². The first-order valence-electron chi connectivity index (χ1n) is 6.45. The molecular weight excluding hydrogens is 252 g/mol. The summed E-state index contributed by atoms with van der Waals surface area (Å²) in [6, 6.07) is 11.6. The van der Waals surface area contributed by atoms with Gasteiger partial charge in [0.25, 0.3) is 0 Å². The van der Waals surface area contributed by atoms with Gasteiger partial charge in [-0.1, -0.05) is 6.07 Å². The summed E-state index contributed by atoms with van der Waals surface area (Å²) in [6.45, 7) is 2.71. The van der Waals surface area contributed by atoms with Crippen LogP contribution in [0.4, 0.5) is 11.4 Å². The molecule has 3 N–H and O–H groups in total. The first-order chi connectivity index (χ1) is 9.63. The molecule has 20 heavy (non-hydrogen) atoms. The van der Waals surface area contributed by atoms with Crippen molar-refractivity contribution >= 4 is 11.4 Å². The minimum atomic E-state index is 0.664. The Balaban J connectivity index is 2.16. The number of nitrogen functional groups attached to an aromatic ring is 1. The SMILES string of the molecule is COc1ccc(CNc2cc(N)ccc2C)c(OC)c1. The van der Waals surface area contributed by atoms with Crippen molar-refractivity contribution in [2.24, 2.45) is 0 Å². The van der Waals surface area contributed by atoms with Crippen LogP contribution in [0.2, 0.25) is 0 Å². The van der Waals surface area contributed by atoms with Gasteiger partial charge >= 0.3 is 0 Å². The maximum Gasteiger partial charge on any atom is 0.127 e. The van der Waals surface area contributed by atoms with Crippen molar-refractivity contribution in [3.05, 3.63) is 47.5 Å². The second kappa shape index (κ2) is 6.19. The van der Waals surface area contributed by atoms with Crippen molar-refractivity contribution in [3.8, 4) is 11.5 Å². The summed E-state index contributed by atoms with van der Waals surface area (Å²) in [4.78, 5) is 0. The van der Waals surface area contributed by atoms with E-state index in [1.807, 2.05) is 43.3 Å². The number of nitrogens with two attached hydrogens (primary N) is 1. The highest BCUT2D eigenvalue weighted by atomic mass is 16.5. The summed E-state index contributed by atoms with van der Waals surface area (Å²) in [7, 11) is 3.30. The molecule has 106 valence electrons. The molecule has 2 aromatic carbocycles. The lowest BCUT2D eigenvalue weighted by Gasteiger charge is -2.13. The second-order valence-electron chi connectivity index (χ2n) is 4.61. The Morgan fingerprint density at radius 3 is 2.55 bits per heavy atom. The largest absolute Gasteiger partial charge is 0.497 e. The fourth-order valence-electron chi connectivity index (χ4n) is 2.02. The molecule has 0 saturated heterocycles. The molecule has 4 nitrogen and oxygen atoms in total. The van der Waals surface area contributed by atoms with Crippen molar-refractivity contribution < 1.29 is 9.47 Å². The molecule has 2 rings (SSSR count). The summed E-state index contributed by atoms with van der Waals surface area (Å²) in [5, 5.41) is 3.38. The van der Waals surface area contributed by atoms with Gasteiger partial charge in [0.2, 0.25) is 0 Å². The maximum atomic E-state index is 5.81. The highest BCUT2D eigenvalue weighted by Crippen LogP contribution is 2.26. The average molecular weight is 272 g/mol. The van der Waals surface area contributed by atoms with Gasteiger partial charge in [-0.25, -0.2) is 0 Å². The van der Waals surface area contributed by atoms with E-state index in [-0.39, 0.29) is 0 Å². The smallest absolute Gasteiger partial charge is 0.127 e. The molecule has 0 aliphatic rings. The molecule has 0 heterocycles. The van der Waals surface area contributed by atoms with Crippen molar-refractivity contribution in [2.45, 2.75) is 13.5 Å². The van der Waals surface area contributed by atoms with Gasteiger partial charge in [-0.3, -0.25) is 0 Å². The molecule has 4 heteroatoms. The fourth-order valence-corrected chi connectivity index (χ4v) is 2.02. The van der Waals surface area contributed by atoms with Crippen LogP contribution >= 0.6 is 0 Å². The standard InChI is InChI=1S/C16H20N2O2/c1-11-4-6-13(17)8-15(11)18-10-12-5-7-14(19-2)9-16(12)20-3/h4-9,18H,10,17H2,1-3H3. The Bertz CT molecular complexity index is 597. The molecule has 0 aliphatic heterocycles. The van der Waals surface area contributed by atoms with E-state index in [1.54, 1.807) is 14.2 Å². The molecule has 0 aromatic heterocycles. The molecule has 0 aliphatic carbocycles. The van der Waals surface area contributed by atoms with Crippen LogP contribution in [0.1, 0.15) is 11.1 Å². The van der Waals surface area contributed by atoms with Gasteiger partial charge in [0.15, 0.2) is 0 Å². The fraction of sp³-hybridized carbons (Fsp3) is 0.250. The van der Waals surface area contributed by atoms with E-state index in [4.69, 9.17) is 15.2 Å². The third kappa shape index (κ3) is 3.15. The molecule has 0 atom stereocenters. The number of ether oxygens (including phenoxy) is 2. The predicted octanol–water partition coefficient (Wildman–Crippen LogP) is 3.21. The van der Waals surface area contributed by atoms with Crippen LogP contribution in [0.25, 0.3) is 0 Å². The van der Waals surface area contributed by atoms with E-state index in [2.05, 4.69) is 5.32 Å². The molecule has 0 amide bonds. The molecule has 2 aromatic rings. The van der Waals surface area contributed by atoms with Crippen molar-refractivity contribution in [1.29, 1.82) is 0 Å². The zero-order chi connectivity index (χ0) is 14.5.